The van der Waals surface area contributed by atoms with Crippen molar-refractivity contribution in [2.24, 2.45) is 0 Å². The van der Waals surface area contributed by atoms with E-state index in [1.807, 2.05) is 35.6 Å². The molecule has 0 N–H and O–H groups in total. The minimum Gasteiger partial charge on any atom is -0.277 e. The predicted octanol–water partition coefficient (Wildman–Crippen LogP) is 11.9. The Balaban J connectivity index is 1.37. The normalized spacial score (nSPS) is 11.9. The summed E-state index contributed by atoms with van der Waals surface area (Å²) in [6.45, 7) is 6.07. The number of rotatable bonds is 5. The molecule has 9 aromatic rings. The van der Waals surface area contributed by atoms with Crippen molar-refractivity contribution in [1.82, 2.24) is 14.5 Å². The van der Waals surface area contributed by atoms with E-state index in [2.05, 4.69) is 139 Å². The highest BCUT2D eigenvalue weighted by molar-refractivity contribution is 7.21. The van der Waals surface area contributed by atoms with Crippen LogP contribution in [0, 0.1) is 6.92 Å². The third-order valence-corrected chi connectivity index (χ3v) is 10.5. The zero-order chi connectivity index (χ0) is 31.5. The third kappa shape index (κ3) is 4.33. The standard InChI is InChI=1S/C43H29N3S/c1-3-4-19-40-27(2)30-20-21-32-31-22-23-35-33-17-11-12-18-39(33)46(41(35)34(31)24-25-36(32)42(30)47-40)43-44-37(28-13-7-5-8-14-28)26-38(45-43)29-15-9-6-10-16-29/h3-26H,1H2,2H3/b19-4-. The Morgan fingerprint density at radius 3 is 1.83 bits per heavy atom. The molecule has 0 bridgehead atoms. The van der Waals surface area contributed by atoms with Crippen molar-refractivity contribution in [3.8, 4) is 28.5 Å². The summed E-state index contributed by atoms with van der Waals surface area (Å²) in [5, 5.41) is 8.60. The number of aryl methyl sites for hydroxylation is 1. The summed E-state index contributed by atoms with van der Waals surface area (Å²) in [5.41, 5.74) is 7.41. The number of para-hydroxylation sites is 1. The molecule has 0 radical (unpaired) electrons. The molecule has 0 unspecified atom stereocenters. The minimum absolute atomic E-state index is 0.659. The highest BCUT2D eigenvalue weighted by Crippen LogP contribution is 2.42. The van der Waals surface area contributed by atoms with Gasteiger partial charge in [0.15, 0.2) is 0 Å². The molecule has 0 saturated heterocycles. The molecule has 3 nitrogen and oxygen atoms in total. The fourth-order valence-corrected chi connectivity index (χ4v) is 8.20. The van der Waals surface area contributed by atoms with Crippen LogP contribution in [-0.4, -0.2) is 14.5 Å². The largest absolute Gasteiger partial charge is 0.277 e. The first-order chi connectivity index (χ1) is 23.2. The van der Waals surface area contributed by atoms with Gasteiger partial charge >= 0.3 is 0 Å². The Bertz CT molecular complexity index is 2640. The molecule has 9 rings (SSSR count). The lowest BCUT2D eigenvalue weighted by Gasteiger charge is -2.13. The molecule has 222 valence electrons. The average Bonchev–Trinajstić information content (AvgIpc) is 3.65. The van der Waals surface area contributed by atoms with Gasteiger partial charge in [0.05, 0.1) is 22.4 Å². The molecule has 3 heterocycles. The quantitative estimate of drug-likeness (QED) is 0.142. The van der Waals surface area contributed by atoms with Crippen molar-refractivity contribution in [3.63, 3.8) is 0 Å². The molecule has 0 aliphatic heterocycles. The maximum absolute atomic E-state index is 5.26. The van der Waals surface area contributed by atoms with Crippen LogP contribution in [0.2, 0.25) is 0 Å². The van der Waals surface area contributed by atoms with Gasteiger partial charge in [-0.15, -0.1) is 11.3 Å². The second kappa shape index (κ2) is 10.9. The number of hydrogen-bond donors (Lipinski definition) is 0. The second-order valence-electron chi connectivity index (χ2n) is 11.9. The lowest BCUT2D eigenvalue weighted by molar-refractivity contribution is 0.998. The van der Waals surface area contributed by atoms with Crippen LogP contribution in [0.25, 0.3) is 88.0 Å². The first-order valence-corrected chi connectivity index (χ1v) is 16.6. The highest BCUT2D eigenvalue weighted by Gasteiger charge is 2.20. The predicted molar refractivity (Wildman–Crippen MR) is 202 cm³/mol. The van der Waals surface area contributed by atoms with Crippen molar-refractivity contribution in [1.29, 1.82) is 0 Å². The topological polar surface area (TPSA) is 30.7 Å². The number of aromatic nitrogens is 3. The summed E-state index contributed by atoms with van der Waals surface area (Å²) < 4.78 is 3.58. The van der Waals surface area contributed by atoms with E-state index >= 15 is 0 Å². The van der Waals surface area contributed by atoms with Crippen LogP contribution in [0.1, 0.15) is 10.4 Å². The molecule has 0 saturated carbocycles. The summed E-state index contributed by atoms with van der Waals surface area (Å²) >= 11 is 1.85. The summed E-state index contributed by atoms with van der Waals surface area (Å²) in [4.78, 5) is 11.8. The van der Waals surface area contributed by atoms with E-state index in [9.17, 15) is 0 Å². The minimum atomic E-state index is 0.659. The lowest BCUT2D eigenvalue weighted by atomic mass is 9.98. The maximum Gasteiger partial charge on any atom is 0.235 e. The monoisotopic (exact) mass is 619 g/mol. The molecular weight excluding hydrogens is 591 g/mol. The van der Waals surface area contributed by atoms with Crippen LogP contribution in [0.5, 0.6) is 0 Å². The van der Waals surface area contributed by atoms with Gasteiger partial charge in [-0.25, -0.2) is 9.97 Å². The molecule has 6 aromatic carbocycles. The van der Waals surface area contributed by atoms with Crippen molar-refractivity contribution >= 4 is 70.8 Å². The van der Waals surface area contributed by atoms with E-state index in [1.54, 1.807) is 0 Å². The first kappa shape index (κ1) is 27.5. The van der Waals surface area contributed by atoms with E-state index in [0.717, 1.165) is 33.5 Å². The van der Waals surface area contributed by atoms with Gasteiger partial charge in [0.2, 0.25) is 5.95 Å². The molecule has 0 aliphatic carbocycles. The Hall–Kier alpha value is -5.84. The molecule has 4 heteroatoms. The van der Waals surface area contributed by atoms with Gasteiger partial charge in [0, 0.05) is 42.2 Å². The Labute approximate surface area is 276 Å². The number of nitrogens with zero attached hydrogens (tertiary/aromatic N) is 3. The van der Waals surface area contributed by atoms with Crippen LogP contribution < -0.4 is 0 Å². The van der Waals surface area contributed by atoms with Crippen molar-refractivity contribution in [2.75, 3.05) is 0 Å². The number of hydrogen-bond acceptors (Lipinski definition) is 3. The molecule has 3 aromatic heterocycles. The Morgan fingerprint density at radius 1 is 0.596 bits per heavy atom. The molecule has 0 spiro atoms. The molecule has 0 amide bonds. The van der Waals surface area contributed by atoms with E-state index in [4.69, 9.17) is 9.97 Å². The summed E-state index contributed by atoms with van der Waals surface area (Å²) in [6.07, 6.45) is 6.01. The zero-order valence-corrected chi connectivity index (χ0v) is 26.6. The van der Waals surface area contributed by atoms with Crippen LogP contribution >= 0.6 is 11.3 Å². The highest BCUT2D eigenvalue weighted by atomic mass is 32.1. The first-order valence-electron chi connectivity index (χ1n) is 15.8. The third-order valence-electron chi connectivity index (χ3n) is 9.20. The van der Waals surface area contributed by atoms with E-state index < -0.39 is 0 Å². The van der Waals surface area contributed by atoms with Crippen LogP contribution in [-0.2, 0) is 0 Å². The molecule has 0 fully saturated rings. The van der Waals surface area contributed by atoms with Gasteiger partial charge in [0.25, 0.3) is 0 Å². The van der Waals surface area contributed by atoms with Gasteiger partial charge in [-0.05, 0) is 46.9 Å². The van der Waals surface area contributed by atoms with E-state index in [1.165, 1.54) is 52.8 Å². The fraction of sp³-hybridized carbons (Fsp3) is 0.0233. The smallest absolute Gasteiger partial charge is 0.235 e. The van der Waals surface area contributed by atoms with Crippen LogP contribution in [0.3, 0.4) is 0 Å². The van der Waals surface area contributed by atoms with Gasteiger partial charge < -0.3 is 0 Å². The Morgan fingerprint density at radius 2 is 1.15 bits per heavy atom. The van der Waals surface area contributed by atoms with Crippen molar-refractivity contribution in [3.05, 3.63) is 157 Å². The summed E-state index contributed by atoms with van der Waals surface area (Å²) in [5.74, 6) is 0.659. The zero-order valence-electron chi connectivity index (χ0n) is 25.8. The van der Waals surface area contributed by atoms with E-state index in [0.29, 0.717) is 5.95 Å². The van der Waals surface area contributed by atoms with Gasteiger partial charge in [-0.1, -0.05) is 134 Å². The molecule has 0 atom stereocenters. The number of fused-ring (bicyclic) bond motifs is 9. The average molecular weight is 620 g/mol. The number of thiophene rings is 1. The van der Waals surface area contributed by atoms with Crippen LogP contribution in [0.15, 0.2) is 146 Å². The van der Waals surface area contributed by atoms with E-state index in [-0.39, 0.29) is 0 Å². The van der Waals surface area contributed by atoms with Crippen molar-refractivity contribution in [2.45, 2.75) is 6.92 Å². The SMILES string of the molecule is C=C/C=C\c1sc2c(ccc3c4ccc5c6ccccc6n(-c6nc(-c7ccccc7)cc(-c7ccccc7)n6)c5c4ccc32)c1C. The fourth-order valence-electron chi connectivity index (χ4n) is 6.95. The molecule has 47 heavy (non-hydrogen) atoms. The van der Waals surface area contributed by atoms with Crippen molar-refractivity contribution < 1.29 is 0 Å². The molecular formula is C43H29N3S. The summed E-state index contributed by atoms with van der Waals surface area (Å²) in [7, 11) is 0. The lowest BCUT2D eigenvalue weighted by Crippen LogP contribution is -2.04. The number of allylic oxidation sites excluding steroid dienone is 2. The van der Waals surface area contributed by atoms with Crippen LogP contribution in [0.4, 0.5) is 0 Å². The molecule has 0 aliphatic rings. The maximum atomic E-state index is 5.26. The Kier molecular flexibility index (Phi) is 6.37. The van der Waals surface area contributed by atoms with Gasteiger partial charge in [-0.3, -0.25) is 4.57 Å². The van der Waals surface area contributed by atoms with Gasteiger partial charge in [0.1, 0.15) is 0 Å². The number of benzene rings is 6. The second-order valence-corrected chi connectivity index (χ2v) is 12.9. The van der Waals surface area contributed by atoms with Gasteiger partial charge in [-0.2, -0.15) is 0 Å². The summed E-state index contributed by atoms with van der Waals surface area (Å²) in [6, 6.07) is 45.2.